The van der Waals surface area contributed by atoms with Crippen LogP contribution in [0.1, 0.15) is 77.0 Å². The fourth-order valence-electron chi connectivity index (χ4n) is 5.67. The lowest BCUT2D eigenvalue weighted by molar-refractivity contribution is 0.0546. The molecule has 0 radical (unpaired) electrons. The maximum absolute atomic E-state index is 14.7. The van der Waals surface area contributed by atoms with E-state index < -0.39 is 23.8 Å². The summed E-state index contributed by atoms with van der Waals surface area (Å²) in [7, 11) is 3.49. The van der Waals surface area contributed by atoms with Crippen LogP contribution in [0.25, 0.3) is 0 Å². The molecule has 0 N–H and O–H groups in total. The molecule has 1 aliphatic rings. The van der Waals surface area contributed by atoms with Crippen molar-refractivity contribution < 1.29 is 38.1 Å². The number of aryl methyl sites for hydroxylation is 1. The normalized spacial score (nSPS) is 13.6. The van der Waals surface area contributed by atoms with Crippen molar-refractivity contribution in [1.29, 1.82) is 0 Å². The van der Waals surface area contributed by atoms with Crippen LogP contribution in [0.5, 0.6) is 11.5 Å². The third-order valence-electron chi connectivity index (χ3n) is 7.81. The lowest BCUT2D eigenvalue weighted by Crippen LogP contribution is -2.37. The monoisotopic (exact) mass is 607 g/mol. The summed E-state index contributed by atoms with van der Waals surface area (Å²) in [6.07, 6.45) is 2.41. The lowest BCUT2D eigenvalue weighted by atomic mass is 9.86. The van der Waals surface area contributed by atoms with Crippen LogP contribution in [-0.2, 0) is 27.2 Å². The maximum atomic E-state index is 14.7. The Morgan fingerprint density at radius 1 is 0.667 bits per heavy atom. The van der Waals surface area contributed by atoms with Crippen LogP contribution < -0.4 is 4.74 Å². The molecule has 9 heteroatoms. The summed E-state index contributed by atoms with van der Waals surface area (Å²) in [5.74, 6) is -1.82. The molecule has 0 saturated carbocycles. The number of esters is 3. The number of methoxy groups -OCH3 is 3. The molecular formula is C36H33NO8. The highest BCUT2D eigenvalue weighted by Gasteiger charge is 2.34. The van der Waals surface area contributed by atoms with Gasteiger partial charge in [0.1, 0.15) is 11.5 Å². The number of benzene rings is 4. The van der Waals surface area contributed by atoms with Crippen LogP contribution in [0.2, 0.25) is 0 Å². The van der Waals surface area contributed by atoms with Gasteiger partial charge in [0.25, 0.3) is 5.91 Å². The molecule has 4 aromatic rings. The number of rotatable bonds is 9. The number of carbonyl (C=O) groups excluding carboxylic acids is 4. The number of nitrogens with zero attached hydrogens (tertiary/aromatic N) is 1. The molecule has 9 nitrogen and oxygen atoms in total. The molecule has 1 aliphatic carbocycles. The van der Waals surface area contributed by atoms with Crippen LogP contribution in [-0.4, -0.2) is 50.0 Å². The zero-order valence-corrected chi connectivity index (χ0v) is 25.3. The minimum atomic E-state index is -0.868. The van der Waals surface area contributed by atoms with Gasteiger partial charge in [-0.1, -0.05) is 54.6 Å². The van der Waals surface area contributed by atoms with E-state index in [1.165, 1.54) is 13.2 Å². The Labute approximate surface area is 261 Å². The van der Waals surface area contributed by atoms with E-state index in [2.05, 4.69) is 6.07 Å². The van der Waals surface area contributed by atoms with Gasteiger partial charge < -0.3 is 23.8 Å². The second-order valence-corrected chi connectivity index (χ2v) is 10.5. The summed E-state index contributed by atoms with van der Waals surface area (Å²) in [6.45, 7) is 0.163. The Bertz CT molecular complexity index is 1730. The predicted molar refractivity (Wildman–Crippen MR) is 165 cm³/mol. The van der Waals surface area contributed by atoms with E-state index in [4.69, 9.17) is 18.9 Å². The van der Waals surface area contributed by atoms with Crippen LogP contribution >= 0.6 is 0 Å². The molecule has 0 aliphatic heterocycles. The van der Waals surface area contributed by atoms with E-state index in [9.17, 15) is 19.2 Å². The number of amides is 1. The van der Waals surface area contributed by atoms with Gasteiger partial charge in [0.2, 0.25) is 0 Å². The van der Waals surface area contributed by atoms with E-state index in [1.807, 2.05) is 72.8 Å². The van der Waals surface area contributed by atoms with Crippen LogP contribution in [0.15, 0.2) is 91.0 Å². The average molecular weight is 608 g/mol. The van der Waals surface area contributed by atoms with Gasteiger partial charge in [0.15, 0.2) is 0 Å². The van der Waals surface area contributed by atoms with Gasteiger partial charge in [-0.2, -0.15) is 0 Å². The number of fused-ring (bicyclic) bond motifs is 1. The van der Waals surface area contributed by atoms with Gasteiger partial charge in [-0.15, -0.1) is 0 Å². The molecule has 45 heavy (non-hydrogen) atoms. The van der Waals surface area contributed by atoms with Crippen molar-refractivity contribution in [3.63, 3.8) is 0 Å². The maximum Gasteiger partial charge on any atom is 0.338 e. The van der Waals surface area contributed by atoms with Gasteiger partial charge in [0, 0.05) is 6.54 Å². The van der Waals surface area contributed by atoms with Crippen LogP contribution in [0.4, 0.5) is 0 Å². The lowest BCUT2D eigenvalue weighted by Gasteiger charge is -2.36. The molecule has 1 amide bonds. The van der Waals surface area contributed by atoms with E-state index >= 15 is 0 Å². The van der Waals surface area contributed by atoms with Crippen LogP contribution in [0, 0.1) is 0 Å². The zero-order valence-electron chi connectivity index (χ0n) is 25.3. The molecule has 230 valence electrons. The number of carbonyl (C=O) groups is 4. The van der Waals surface area contributed by atoms with Crippen LogP contribution in [0.3, 0.4) is 0 Å². The number of ether oxygens (including phenoxy) is 4. The smallest absolute Gasteiger partial charge is 0.338 e. The van der Waals surface area contributed by atoms with Gasteiger partial charge in [0.05, 0.1) is 49.6 Å². The topological polar surface area (TPSA) is 108 Å². The fourth-order valence-corrected chi connectivity index (χ4v) is 5.67. The first-order chi connectivity index (χ1) is 21.8. The zero-order chi connectivity index (χ0) is 31.9. The van der Waals surface area contributed by atoms with E-state index in [-0.39, 0.29) is 34.8 Å². The summed E-state index contributed by atoms with van der Waals surface area (Å²) in [5, 5.41) is 0. The Balaban J connectivity index is 1.63. The summed E-state index contributed by atoms with van der Waals surface area (Å²) in [4.78, 5) is 54.9. The van der Waals surface area contributed by atoms with Gasteiger partial charge >= 0.3 is 17.9 Å². The molecule has 0 spiro atoms. The summed E-state index contributed by atoms with van der Waals surface area (Å²) >= 11 is 0. The van der Waals surface area contributed by atoms with Crippen molar-refractivity contribution in [2.75, 3.05) is 21.3 Å². The van der Waals surface area contributed by atoms with Crippen molar-refractivity contribution in [3.05, 3.63) is 130 Å². The van der Waals surface area contributed by atoms with E-state index in [1.54, 1.807) is 4.90 Å². The van der Waals surface area contributed by atoms with Gasteiger partial charge in [-0.25, -0.2) is 14.4 Å². The highest BCUT2D eigenvalue weighted by Crippen LogP contribution is 2.37. The fraction of sp³-hybridized carbons (Fsp3) is 0.222. The van der Waals surface area contributed by atoms with Gasteiger partial charge in [-0.3, -0.25) is 4.79 Å². The van der Waals surface area contributed by atoms with E-state index in [0.717, 1.165) is 49.8 Å². The first kappa shape index (κ1) is 31.0. The molecule has 1 atom stereocenters. The molecule has 0 saturated heterocycles. The predicted octanol–water partition coefficient (Wildman–Crippen LogP) is 6.56. The highest BCUT2D eigenvalue weighted by atomic mass is 16.5. The second-order valence-electron chi connectivity index (χ2n) is 10.5. The van der Waals surface area contributed by atoms with Crippen molar-refractivity contribution in [3.8, 4) is 11.5 Å². The molecule has 1 unspecified atom stereocenters. The first-order valence-corrected chi connectivity index (χ1v) is 14.5. The Morgan fingerprint density at radius 3 is 1.91 bits per heavy atom. The molecule has 0 aromatic heterocycles. The third-order valence-corrected chi connectivity index (χ3v) is 7.81. The molecular weight excluding hydrogens is 574 g/mol. The highest BCUT2D eigenvalue weighted by molar-refractivity contribution is 6.11. The Morgan fingerprint density at radius 2 is 1.24 bits per heavy atom. The van der Waals surface area contributed by atoms with Crippen molar-refractivity contribution in [2.45, 2.75) is 31.8 Å². The summed E-state index contributed by atoms with van der Waals surface area (Å²) in [5.41, 5.74) is 2.23. The van der Waals surface area contributed by atoms with Crippen molar-refractivity contribution in [2.24, 2.45) is 0 Å². The minimum absolute atomic E-state index is 0.102. The number of para-hydroxylation sites is 1. The first-order valence-electron chi connectivity index (χ1n) is 14.5. The largest absolute Gasteiger partial charge is 0.465 e. The molecule has 0 fully saturated rings. The van der Waals surface area contributed by atoms with Crippen molar-refractivity contribution >= 4 is 23.8 Å². The average Bonchev–Trinajstić information content (AvgIpc) is 3.09. The third kappa shape index (κ3) is 6.72. The minimum Gasteiger partial charge on any atom is -0.465 e. The Hall–Kier alpha value is -5.44. The SMILES string of the molecule is COC(=O)c1cc(C(=O)OC)c(C(=O)N(Cc2cccc(Oc3ccccc3)c2)C2CCCc3ccccc32)cc1C(=O)OC. The van der Waals surface area contributed by atoms with Gasteiger partial charge in [-0.05, 0) is 72.4 Å². The quantitative estimate of drug-likeness (QED) is 0.156. The van der Waals surface area contributed by atoms with Crippen molar-refractivity contribution in [1.82, 2.24) is 4.90 Å². The molecule has 0 heterocycles. The van der Waals surface area contributed by atoms with E-state index in [0.29, 0.717) is 17.9 Å². The second kappa shape index (κ2) is 13.9. The Kier molecular flexibility index (Phi) is 9.57. The molecule has 4 aromatic carbocycles. The molecule has 5 rings (SSSR count). The number of hydrogen-bond donors (Lipinski definition) is 0. The summed E-state index contributed by atoms with van der Waals surface area (Å²) < 4.78 is 20.8. The number of hydrogen-bond acceptors (Lipinski definition) is 8. The molecule has 0 bridgehead atoms. The standard InChI is InChI=1S/C36H33NO8/c1-42-34(39)29-21-31(36(41)44-3)30(35(40)43-2)20-28(29)33(38)37(32-18-10-13-24-12-7-8-17-27(24)32)22-23-11-9-16-26(19-23)45-25-14-5-4-6-15-25/h4-9,11-12,14-17,19-21,32H,10,13,18,22H2,1-3H3. The summed E-state index contributed by atoms with van der Waals surface area (Å²) in [6, 6.07) is 26.8.